The molecule has 0 aliphatic carbocycles. The summed E-state index contributed by atoms with van der Waals surface area (Å²) >= 11 is 0. The van der Waals surface area contributed by atoms with Crippen LogP contribution in [0.4, 0.5) is 0 Å². The van der Waals surface area contributed by atoms with Gasteiger partial charge in [0.05, 0.1) is 13.1 Å². The Balaban J connectivity index is 2.31. The van der Waals surface area contributed by atoms with Crippen LogP contribution >= 0.6 is 0 Å². The van der Waals surface area contributed by atoms with E-state index in [1.165, 1.54) is 4.90 Å². The fourth-order valence-electron chi connectivity index (χ4n) is 2.33. The van der Waals surface area contributed by atoms with Crippen molar-refractivity contribution in [3.8, 4) is 0 Å². The molecule has 1 fully saturated rings. The summed E-state index contributed by atoms with van der Waals surface area (Å²) in [6.45, 7) is 5.21. The Labute approximate surface area is 121 Å². The quantitative estimate of drug-likeness (QED) is 0.671. The highest BCUT2D eigenvalue weighted by molar-refractivity contribution is 5.85. The molecule has 0 aromatic carbocycles. The van der Waals surface area contributed by atoms with Gasteiger partial charge in [0.25, 0.3) is 0 Å². The minimum Gasteiger partial charge on any atom is -0.355 e. The van der Waals surface area contributed by atoms with Crippen LogP contribution in [-0.2, 0) is 9.59 Å². The van der Waals surface area contributed by atoms with E-state index in [9.17, 15) is 9.59 Å². The minimum absolute atomic E-state index is 0.00215. The predicted octanol–water partition coefficient (Wildman–Crippen LogP) is -0.345. The number of rotatable bonds is 7. The number of carbonyl (C=O) groups excluding carboxylic acids is 2. The Kier molecular flexibility index (Phi) is 7.54. The Bertz CT molecular complexity index is 316. The number of carbonyl (C=O) groups is 2. The topological polar surface area (TPSA) is 64.7 Å². The molecule has 0 saturated carbocycles. The molecule has 0 bridgehead atoms. The molecule has 0 unspecified atom stereocenters. The molecule has 1 saturated heterocycles. The van der Waals surface area contributed by atoms with Gasteiger partial charge in [0, 0.05) is 19.6 Å². The lowest BCUT2D eigenvalue weighted by Gasteiger charge is -2.32. The summed E-state index contributed by atoms with van der Waals surface area (Å²) in [5.74, 6) is -0.0927. The Hall–Kier alpha value is -1.14. The Morgan fingerprint density at radius 2 is 1.85 bits per heavy atom. The molecule has 0 atom stereocenters. The summed E-state index contributed by atoms with van der Waals surface area (Å²) < 4.78 is 0. The largest absolute Gasteiger partial charge is 0.355 e. The van der Waals surface area contributed by atoms with Crippen molar-refractivity contribution in [1.29, 1.82) is 0 Å². The number of piperidine rings is 1. The van der Waals surface area contributed by atoms with Crippen molar-refractivity contribution in [2.75, 3.05) is 46.8 Å². The summed E-state index contributed by atoms with van der Waals surface area (Å²) in [4.78, 5) is 27.3. The van der Waals surface area contributed by atoms with Gasteiger partial charge in [-0.25, -0.2) is 0 Å². The molecule has 6 heteroatoms. The summed E-state index contributed by atoms with van der Waals surface area (Å²) in [6, 6.07) is 0.461. The predicted molar refractivity (Wildman–Crippen MR) is 79.5 cm³/mol. The highest BCUT2D eigenvalue weighted by Gasteiger charge is 2.21. The first kappa shape index (κ1) is 16.9. The lowest BCUT2D eigenvalue weighted by Crippen LogP contribution is -2.47. The highest BCUT2D eigenvalue weighted by Crippen LogP contribution is 2.09. The second-order valence-corrected chi connectivity index (χ2v) is 5.50. The van der Waals surface area contributed by atoms with Gasteiger partial charge in [-0.1, -0.05) is 6.92 Å². The zero-order chi connectivity index (χ0) is 15.0. The molecule has 2 N–H and O–H groups in total. The monoisotopic (exact) mass is 284 g/mol. The second kappa shape index (κ2) is 8.92. The summed E-state index contributed by atoms with van der Waals surface area (Å²) in [5, 5.41) is 6.10. The van der Waals surface area contributed by atoms with Crippen molar-refractivity contribution in [2.24, 2.45) is 0 Å². The van der Waals surface area contributed by atoms with E-state index in [0.29, 0.717) is 19.1 Å². The summed E-state index contributed by atoms with van der Waals surface area (Å²) in [5.41, 5.74) is 0. The third-order valence-electron chi connectivity index (χ3n) is 3.70. The zero-order valence-corrected chi connectivity index (χ0v) is 12.9. The first-order chi connectivity index (χ1) is 9.54. The van der Waals surface area contributed by atoms with E-state index in [0.717, 1.165) is 32.4 Å². The highest BCUT2D eigenvalue weighted by atomic mass is 16.2. The minimum atomic E-state index is -0.0905. The van der Waals surface area contributed by atoms with E-state index in [-0.39, 0.29) is 18.4 Å². The average Bonchev–Trinajstić information content (AvgIpc) is 2.45. The Morgan fingerprint density at radius 1 is 1.20 bits per heavy atom. The molecule has 0 radical (unpaired) electrons. The fraction of sp³-hybridized carbons (Fsp3) is 0.857. The molecular formula is C14H28N4O2. The van der Waals surface area contributed by atoms with Gasteiger partial charge in [-0.15, -0.1) is 0 Å². The van der Waals surface area contributed by atoms with Crippen molar-refractivity contribution < 1.29 is 9.59 Å². The molecule has 1 rings (SSSR count). The molecule has 2 amide bonds. The fourth-order valence-corrected chi connectivity index (χ4v) is 2.33. The van der Waals surface area contributed by atoms with E-state index >= 15 is 0 Å². The third kappa shape index (κ3) is 5.88. The van der Waals surface area contributed by atoms with Gasteiger partial charge in [-0.05, 0) is 39.4 Å². The molecule has 1 aliphatic heterocycles. The number of nitrogens with zero attached hydrogens (tertiary/aromatic N) is 2. The number of likely N-dealkylation sites (N-methyl/N-ethyl adjacent to an activating group) is 2. The van der Waals surface area contributed by atoms with E-state index in [2.05, 4.69) is 15.5 Å². The first-order valence-corrected chi connectivity index (χ1v) is 7.46. The van der Waals surface area contributed by atoms with Gasteiger partial charge < -0.3 is 15.5 Å². The van der Waals surface area contributed by atoms with E-state index < -0.39 is 0 Å². The maximum Gasteiger partial charge on any atom is 0.239 e. The van der Waals surface area contributed by atoms with E-state index in [1.54, 1.807) is 7.05 Å². The van der Waals surface area contributed by atoms with Crippen LogP contribution in [0.1, 0.15) is 26.2 Å². The summed E-state index contributed by atoms with van der Waals surface area (Å²) in [7, 11) is 3.67. The molecule has 116 valence electrons. The second-order valence-electron chi connectivity index (χ2n) is 5.50. The molecular weight excluding hydrogens is 256 g/mol. The van der Waals surface area contributed by atoms with Crippen molar-refractivity contribution in [3.63, 3.8) is 0 Å². The first-order valence-electron chi connectivity index (χ1n) is 7.46. The van der Waals surface area contributed by atoms with Crippen LogP contribution in [0.15, 0.2) is 0 Å². The van der Waals surface area contributed by atoms with E-state index in [1.807, 2.05) is 14.0 Å². The standard InChI is InChI=1S/C14H28N4O2/c1-4-7-16-13(19)10-18(3)14(20)11-17(2)12-5-8-15-9-6-12/h12,15H,4-11H2,1-3H3,(H,16,19). The lowest BCUT2D eigenvalue weighted by atomic mass is 10.1. The third-order valence-corrected chi connectivity index (χ3v) is 3.70. The maximum atomic E-state index is 12.1. The number of hydrogen-bond donors (Lipinski definition) is 2. The smallest absolute Gasteiger partial charge is 0.239 e. The number of amides is 2. The molecule has 1 aliphatic rings. The zero-order valence-electron chi connectivity index (χ0n) is 12.9. The SMILES string of the molecule is CCCNC(=O)CN(C)C(=O)CN(C)C1CCNCC1. The van der Waals surface area contributed by atoms with Crippen LogP contribution in [0.5, 0.6) is 0 Å². The Morgan fingerprint density at radius 3 is 2.45 bits per heavy atom. The lowest BCUT2D eigenvalue weighted by molar-refractivity contribution is -0.135. The maximum absolute atomic E-state index is 12.1. The normalized spacial score (nSPS) is 16.2. The number of nitrogens with one attached hydrogen (secondary N) is 2. The van der Waals surface area contributed by atoms with Crippen molar-refractivity contribution in [3.05, 3.63) is 0 Å². The van der Waals surface area contributed by atoms with Crippen LogP contribution in [-0.4, -0.2) is 74.5 Å². The van der Waals surface area contributed by atoms with Crippen LogP contribution in [0.2, 0.25) is 0 Å². The van der Waals surface area contributed by atoms with Gasteiger partial charge in [-0.3, -0.25) is 14.5 Å². The van der Waals surface area contributed by atoms with Gasteiger partial charge in [0.2, 0.25) is 11.8 Å². The summed E-state index contributed by atoms with van der Waals surface area (Å²) in [6.07, 6.45) is 3.05. The van der Waals surface area contributed by atoms with Gasteiger partial charge >= 0.3 is 0 Å². The molecule has 20 heavy (non-hydrogen) atoms. The molecule has 0 spiro atoms. The van der Waals surface area contributed by atoms with Gasteiger partial charge in [0.15, 0.2) is 0 Å². The van der Waals surface area contributed by atoms with Crippen LogP contribution in [0.3, 0.4) is 0 Å². The van der Waals surface area contributed by atoms with E-state index in [4.69, 9.17) is 0 Å². The molecule has 0 aromatic rings. The average molecular weight is 284 g/mol. The van der Waals surface area contributed by atoms with Crippen LogP contribution in [0.25, 0.3) is 0 Å². The number of hydrogen-bond acceptors (Lipinski definition) is 4. The van der Waals surface area contributed by atoms with Crippen LogP contribution < -0.4 is 10.6 Å². The molecule has 0 aromatic heterocycles. The van der Waals surface area contributed by atoms with Crippen molar-refractivity contribution in [1.82, 2.24) is 20.4 Å². The molecule has 6 nitrogen and oxygen atoms in total. The van der Waals surface area contributed by atoms with Crippen molar-refractivity contribution >= 4 is 11.8 Å². The van der Waals surface area contributed by atoms with Gasteiger partial charge in [-0.2, -0.15) is 0 Å². The molecule has 1 heterocycles. The van der Waals surface area contributed by atoms with Gasteiger partial charge in [0.1, 0.15) is 0 Å². The van der Waals surface area contributed by atoms with Crippen LogP contribution in [0, 0.1) is 0 Å². The van der Waals surface area contributed by atoms with Crippen molar-refractivity contribution in [2.45, 2.75) is 32.2 Å².